The van der Waals surface area contributed by atoms with E-state index in [1.807, 2.05) is 0 Å². The van der Waals surface area contributed by atoms with Crippen LogP contribution < -0.4 is 5.32 Å². The molecule has 0 aliphatic carbocycles. The van der Waals surface area contributed by atoms with Gasteiger partial charge in [0.15, 0.2) is 0 Å². The molecule has 0 radical (unpaired) electrons. The highest BCUT2D eigenvalue weighted by atomic mass is 19.4. The monoisotopic (exact) mass is 383 g/mol. The van der Waals surface area contributed by atoms with E-state index in [1.54, 1.807) is 0 Å². The SMILES string of the molecule is O=C(Cn1nnc(-c2cccc(C(F)(F)F)c2)n1)Nc1cc(F)ccc1F. The maximum absolute atomic E-state index is 13.5. The van der Waals surface area contributed by atoms with Crippen LogP contribution in [0.4, 0.5) is 27.6 Å². The number of hydrogen-bond donors (Lipinski definition) is 1. The van der Waals surface area contributed by atoms with Gasteiger partial charge in [-0.25, -0.2) is 8.78 Å². The van der Waals surface area contributed by atoms with Crippen molar-refractivity contribution >= 4 is 11.6 Å². The second-order valence-corrected chi connectivity index (χ2v) is 5.39. The van der Waals surface area contributed by atoms with Crippen LogP contribution in [0, 0.1) is 11.6 Å². The number of aromatic nitrogens is 4. The fourth-order valence-electron chi connectivity index (χ4n) is 2.17. The Morgan fingerprint density at radius 3 is 2.63 bits per heavy atom. The van der Waals surface area contributed by atoms with Crippen LogP contribution >= 0.6 is 0 Å². The number of anilines is 1. The minimum atomic E-state index is -4.53. The fraction of sp³-hybridized carbons (Fsp3) is 0.125. The molecule has 0 bridgehead atoms. The molecule has 6 nitrogen and oxygen atoms in total. The summed E-state index contributed by atoms with van der Waals surface area (Å²) in [5.74, 6) is -2.46. The zero-order chi connectivity index (χ0) is 19.6. The van der Waals surface area contributed by atoms with E-state index in [0.29, 0.717) is 0 Å². The number of halogens is 5. The highest BCUT2D eigenvalue weighted by molar-refractivity contribution is 5.90. The predicted molar refractivity (Wildman–Crippen MR) is 83.2 cm³/mol. The fourth-order valence-corrected chi connectivity index (χ4v) is 2.17. The van der Waals surface area contributed by atoms with E-state index in [9.17, 15) is 26.7 Å². The summed E-state index contributed by atoms with van der Waals surface area (Å²) in [5, 5.41) is 13.1. The third kappa shape index (κ3) is 4.43. The number of alkyl halides is 3. The summed E-state index contributed by atoms with van der Waals surface area (Å²) in [4.78, 5) is 12.7. The van der Waals surface area contributed by atoms with Crippen LogP contribution in [0.15, 0.2) is 42.5 Å². The summed E-state index contributed by atoms with van der Waals surface area (Å²) in [6.07, 6.45) is -4.53. The highest BCUT2D eigenvalue weighted by Crippen LogP contribution is 2.31. The Labute approximate surface area is 148 Å². The number of amides is 1. The van der Waals surface area contributed by atoms with Crippen molar-refractivity contribution in [1.82, 2.24) is 20.2 Å². The maximum atomic E-state index is 13.5. The van der Waals surface area contributed by atoms with Gasteiger partial charge < -0.3 is 5.32 Å². The third-order valence-corrected chi connectivity index (χ3v) is 3.39. The van der Waals surface area contributed by atoms with Crippen molar-refractivity contribution < 1.29 is 26.7 Å². The van der Waals surface area contributed by atoms with Crippen molar-refractivity contribution in [1.29, 1.82) is 0 Å². The molecule has 0 fully saturated rings. The molecule has 1 N–H and O–H groups in total. The number of carbonyl (C=O) groups excluding carboxylic acids is 1. The molecule has 0 aliphatic heterocycles. The molecular formula is C16H10F5N5O. The van der Waals surface area contributed by atoms with Crippen LogP contribution in [-0.2, 0) is 17.5 Å². The van der Waals surface area contributed by atoms with Crippen molar-refractivity contribution in [3.63, 3.8) is 0 Å². The summed E-state index contributed by atoms with van der Waals surface area (Å²) in [7, 11) is 0. The van der Waals surface area contributed by atoms with E-state index in [0.717, 1.165) is 35.1 Å². The average molecular weight is 383 g/mol. The smallest absolute Gasteiger partial charge is 0.322 e. The van der Waals surface area contributed by atoms with Crippen molar-refractivity contribution in [2.75, 3.05) is 5.32 Å². The van der Waals surface area contributed by atoms with Crippen molar-refractivity contribution in [3.05, 3.63) is 59.7 Å². The minimum absolute atomic E-state index is 0.0626. The zero-order valence-corrected chi connectivity index (χ0v) is 13.3. The summed E-state index contributed by atoms with van der Waals surface area (Å²) in [6, 6.07) is 6.85. The van der Waals surface area contributed by atoms with Crippen molar-refractivity contribution in [3.8, 4) is 11.4 Å². The van der Waals surface area contributed by atoms with Gasteiger partial charge in [-0.2, -0.15) is 18.0 Å². The average Bonchev–Trinajstić information content (AvgIpc) is 3.06. The topological polar surface area (TPSA) is 72.7 Å². The van der Waals surface area contributed by atoms with Crippen LogP contribution in [0.3, 0.4) is 0 Å². The molecule has 27 heavy (non-hydrogen) atoms. The zero-order valence-electron chi connectivity index (χ0n) is 13.3. The van der Waals surface area contributed by atoms with E-state index in [-0.39, 0.29) is 17.1 Å². The molecule has 1 aromatic heterocycles. The van der Waals surface area contributed by atoms with E-state index < -0.39 is 35.8 Å². The molecule has 0 atom stereocenters. The molecule has 1 amide bonds. The first-order chi connectivity index (χ1) is 12.7. The van der Waals surface area contributed by atoms with Gasteiger partial charge in [-0.05, 0) is 29.5 Å². The van der Waals surface area contributed by atoms with Crippen molar-refractivity contribution in [2.24, 2.45) is 0 Å². The standard InChI is InChI=1S/C16H10F5N5O/c17-11-4-5-12(18)13(7-11)22-14(27)8-26-24-15(23-25-26)9-2-1-3-10(6-9)16(19,20)21/h1-7H,8H2,(H,22,27). The molecular weight excluding hydrogens is 373 g/mol. The largest absolute Gasteiger partial charge is 0.416 e. The van der Waals surface area contributed by atoms with E-state index in [1.165, 1.54) is 12.1 Å². The molecule has 3 rings (SSSR count). The first-order valence-electron chi connectivity index (χ1n) is 7.43. The second kappa shape index (κ2) is 7.09. The van der Waals surface area contributed by atoms with E-state index in [4.69, 9.17) is 0 Å². The molecule has 140 valence electrons. The van der Waals surface area contributed by atoms with Crippen LogP contribution in [0.25, 0.3) is 11.4 Å². The summed E-state index contributed by atoms with van der Waals surface area (Å²) < 4.78 is 64.9. The first kappa shape index (κ1) is 18.4. The van der Waals surface area contributed by atoms with Crippen LogP contribution in [0.1, 0.15) is 5.56 Å². The summed E-state index contributed by atoms with van der Waals surface area (Å²) in [5.41, 5.74) is -1.18. The molecule has 0 spiro atoms. The highest BCUT2D eigenvalue weighted by Gasteiger charge is 2.30. The van der Waals surface area contributed by atoms with Gasteiger partial charge in [0.2, 0.25) is 11.7 Å². The lowest BCUT2D eigenvalue weighted by Crippen LogP contribution is -2.21. The Morgan fingerprint density at radius 1 is 1.11 bits per heavy atom. The van der Waals surface area contributed by atoms with Crippen LogP contribution in [-0.4, -0.2) is 26.1 Å². The Bertz CT molecular complexity index is 985. The normalized spacial score (nSPS) is 11.4. The van der Waals surface area contributed by atoms with Gasteiger partial charge in [-0.1, -0.05) is 12.1 Å². The van der Waals surface area contributed by atoms with Gasteiger partial charge in [0.1, 0.15) is 18.2 Å². The van der Waals surface area contributed by atoms with Gasteiger partial charge in [0, 0.05) is 11.6 Å². The molecule has 11 heteroatoms. The maximum Gasteiger partial charge on any atom is 0.416 e. The quantitative estimate of drug-likeness (QED) is 0.702. The molecule has 0 aliphatic rings. The molecule has 0 saturated heterocycles. The molecule has 0 saturated carbocycles. The van der Waals surface area contributed by atoms with E-state index in [2.05, 4.69) is 20.7 Å². The van der Waals surface area contributed by atoms with Crippen molar-refractivity contribution in [2.45, 2.75) is 12.7 Å². The lowest BCUT2D eigenvalue weighted by atomic mass is 10.1. The third-order valence-electron chi connectivity index (χ3n) is 3.39. The number of rotatable bonds is 4. The van der Waals surface area contributed by atoms with Crippen LogP contribution in [0.5, 0.6) is 0 Å². The Balaban J connectivity index is 1.73. The number of carbonyl (C=O) groups is 1. The number of nitrogens with one attached hydrogen (secondary N) is 1. The predicted octanol–water partition coefficient (Wildman–Crippen LogP) is 3.28. The Kier molecular flexibility index (Phi) is 4.84. The summed E-state index contributed by atoms with van der Waals surface area (Å²) in [6.45, 7) is -0.498. The number of nitrogens with zero attached hydrogens (tertiary/aromatic N) is 4. The lowest BCUT2D eigenvalue weighted by Gasteiger charge is -2.06. The van der Waals surface area contributed by atoms with Gasteiger partial charge >= 0.3 is 6.18 Å². The second-order valence-electron chi connectivity index (χ2n) is 5.39. The Morgan fingerprint density at radius 2 is 1.89 bits per heavy atom. The number of hydrogen-bond acceptors (Lipinski definition) is 4. The van der Waals surface area contributed by atoms with Gasteiger partial charge in [0.25, 0.3) is 0 Å². The molecule has 0 unspecified atom stereocenters. The lowest BCUT2D eigenvalue weighted by molar-refractivity contribution is -0.137. The molecule has 2 aromatic carbocycles. The van der Waals surface area contributed by atoms with Gasteiger partial charge in [-0.15, -0.1) is 10.2 Å². The molecule has 3 aromatic rings. The number of tetrazole rings is 1. The van der Waals surface area contributed by atoms with E-state index >= 15 is 0 Å². The minimum Gasteiger partial charge on any atom is -0.322 e. The first-order valence-corrected chi connectivity index (χ1v) is 7.43. The van der Waals surface area contributed by atoms with Gasteiger partial charge in [-0.3, -0.25) is 4.79 Å². The molecule has 1 heterocycles. The van der Waals surface area contributed by atoms with Crippen LogP contribution in [0.2, 0.25) is 0 Å². The summed E-state index contributed by atoms with van der Waals surface area (Å²) >= 11 is 0. The van der Waals surface area contributed by atoms with Gasteiger partial charge in [0.05, 0.1) is 11.3 Å². The Hall–Kier alpha value is -3.37. The number of benzene rings is 2.